The molecule has 1 atom stereocenters. The van der Waals surface area contributed by atoms with Crippen LogP contribution in [-0.2, 0) is 17.9 Å². The smallest absolute Gasteiger partial charge is 0.332 e. The minimum absolute atomic E-state index is 0.00633. The first-order valence-corrected chi connectivity index (χ1v) is 9.54. The van der Waals surface area contributed by atoms with E-state index in [2.05, 4.69) is 5.32 Å². The van der Waals surface area contributed by atoms with Gasteiger partial charge in [0.1, 0.15) is 6.54 Å². The molecule has 146 valence electrons. The van der Waals surface area contributed by atoms with Crippen molar-refractivity contribution in [1.82, 2.24) is 14.5 Å². The maximum atomic E-state index is 13.1. The van der Waals surface area contributed by atoms with E-state index in [1.54, 1.807) is 48.5 Å². The standard InChI is InChI=1S/C21H22ClN3O3/c1-3-14(2)23-19(26)13-24-18-10-5-4-9-17(18)20(27)25(21(24)28)12-15-7-6-8-16(22)11-15/h4-11,14H,3,12-13H2,1-2H3,(H,23,26)/t14-/m1/s1. The van der Waals surface area contributed by atoms with Gasteiger partial charge in [0.15, 0.2) is 0 Å². The van der Waals surface area contributed by atoms with E-state index in [1.165, 1.54) is 4.57 Å². The molecule has 7 heteroatoms. The number of nitrogens with one attached hydrogen (secondary N) is 1. The number of hydrogen-bond acceptors (Lipinski definition) is 3. The number of para-hydroxylation sites is 1. The number of hydrogen-bond donors (Lipinski definition) is 1. The van der Waals surface area contributed by atoms with Crippen LogP contribution in [0.2, 0.25) is 5.02 Å². The van der Waals surface area contributed by atoms with Crippen molar-refractivity contribution in [1.29, 1.82) is 0 Å². The second-order valence-corrected chi connectivity index (χ2v) is 7.22. The number of benzene rings is 2. The normalized spacial score (nSPS) is 12.1. The number of rotatable bonds is 6. The minimum Gasteiger partial charge on any atom is -0.352 e. The predicted octanol–water partition coefficient (Wildman–Crippen LogP) is 2.78. The minimum atomic E-state index is -0.525. The molecule has 3 aromatic rings. The molecule has 28 heavy (non-hydrogen) atoms. The van der Waals surface area contributed by atoms with Crippen LogP contribution in [0.25, 0.3) is 10.9 Å². The first-order chi connectivity index (χ1) is 13.4. The summed E-state index contributed by atoms with van der Waals surface area (Å²) in [5, 5.41) is 3.77. The fourth-order valence-electron chi connectivity index (χ4n) is 3.05. The molecule has 3 rings (SSSR count). The largest absolute Gasteiger partial charge is 0.352 e. The molecule has 0 radical (unpaired) electrons. The lowest BCUT2D eigenvalue weighted by atomic mass is 10.2. The van der Waals surface area contributed by atoms with Gasteiger partial charge in [-0.1, -0.05) is 42.8 Å². The van der Waals surface area contributed by atoms with Gasteiger partial charge >= 0.3 is 5.69 Å². The monoisotopic (exact) mass is 399 g/mol. The van der Waals surface area contributed by atoms with Crippen LogP contribution in [0, 0.1) is 0 Å². The van der Waals surface area contributed by atoms with Crippen LogP contribution >= 0.6 is 11.6 Å². The van der Waals surface area contributed by atoms with Gasteiger partial charge in [0.25, 0.3) is 5.56 Å². The van der Waals surface area contributed by atoms with Gasteiger partial charge in [0.2, 0.25) is 5.91 Å². The molecular formula is C21H22ClN3O3. The van der Waals surface area contributed by atoms with Gasteiger partial charge in [0.05, 0.1) is 17.4 Å². The van der Waals surface area contributed by atoms with Crippen LogP contribution in [0.4, 0.5) is 0 Å². The fraction of sp³-hybridized carbons (Fsp3) is 0.286. The average Bonchev–Trinajstić information content (AvgIpc) is 2.68. The fourth-order valence-corrected chi connectivity index (χ4v) is 3.26. The van der Waals surface area contributed by atoms with E-state index >= 15 is 0 Å². The lowest BCUT2D eigenvalue weighted by Gasteiger charge is -2.16. The average molecular weight is 400 g/mol. The van der Waals surface area contributed by atoms with Crippen molar-refractivity contribution < 1.29 is 4.79 Å². The van der Waals surface area contributed by atoms with Crippen LogP contribution in [0.3, 0.4) is 0 Å². The van der Waals surface area contributed by atoms with E-state index in [0.29, 0.717) is 15.9 Å². The van der Waals surface area contributed by atoms with Gasteiger partial charge in [-0.05, 0) is 43.2 Å². The first kappa shape index (κ1) is 19.9. The second-order valence-electron chi connectivity index (χ2n) is 6.78. The molecule has 6 nitrogen and oxygen atoms in total. The second kappa shape index (κ2) is 8.44. The lowest BCUT2D eigenvalue weighted by Crippen LogP contribution is -2.43. The Morgan fingerprint density at radius 1 is 1.11 bits per heavy atom. The molecule has 0 saturated carbocycles. The highest BCUT2D eigenvalue weighted by molar-refractivity contribution is 6.30. The Morgan fingerprint density at radius 2 is 1.86 bits per heavy atom. The summed E-state index contributed by atoms with van der Waals surface area (Å²) in [5.41, 5.74) is 0.263. The molecule has 0 aliphatic carbocycles. The van der Waals surface area contributed by atoms with Crippen molar-refractivity contribution in [2.45, 2.75) is 39.4 Å². The zero-order chi connectivity index (χ0) is 20.3. The molecular weight excluding hydrogens is 378 g/mol. The van der Waals surface area contributed by atoms with E-state index in [9.17, 15) is 14.4 Å². The van der Waals surface area contributed by atoms with E-state index in [4.69, 9.17) is 11.6 Å². The van der Waals surface area contributed by atoms with E-state index < -0.39 is 5.69 Å². The summed E-state index contributed by atoms with van der Waals surface area (Å²) in [5.74, 6) is -0.269. The molecule has 0 unspecified atom stereocenters. The van der Waals surface area contributed by atoms with E-state index in [-0.39, 0.29) is 30.6 Å². The number of nitrogens with zero attached hydrogens (tertiary/aromatic N) is 2. The Kier molecular flexibility index (Phi) is 5.99. The number of fused-ring (bicyclic) bond motifs is 1. The summed E-state index contributed by atoms with van der Waals surface area (Å²) in [4.78, 5) is 38.4. The molecule has 0 spiro atoms. The van der Waals surface area contributed by atoms with Crippen molar-refractivity contribution in [2.75, 3.05) is 0 Å². The van der Waals surface area contributed by atoms with Gasteiger partial charge in [-0.3, -0.25) is 18.7 Å². The van der Waals surface area contributed by atoms with Crippen molar-refractivity contribution in [3.05, 3.63) is 80.0 Å². The maximum Gasteiger partial charge on any atom is 0.332 e. The third kappa shape index (κ3) is 4.17. The number of amides is 1. The van der Waals surface area contributed by atoms with Crippen molar-refractivity contribution >= 4 is 28.4 Å². The summed E-state index contributed by atoms with van der Waals surface area (Å²) in [7, 11) is 0. The van der Waals surface area contributed by atoms with Gasteiger partial charge in [-0.2, -0.15) is 0 Å². The first-order valence-electron chi connectivity index (χ1n) is 9.17. The molecule has 1 aromatic heterocycles. The summed E-state index contributed by atoms with van der Waals surface area (Å²) in [6.07, 6.45) is 0.787. The molecule has 0 aliphatic heterocycles. The highest BCUT2D eigenvalue weighted by atomic mass is 35.5. The van der Waals surface area contributed by atoms with Crippen LogP contribution in [0.5, 0.6) is 0 Å². The summed E-state index contributed by atoms with van der Waals surface area (Å²) in [6, 6.07) is 13.8. The van der Waals surface area contributed by atoms with Crippen LogP contribution in [0.15, 0.2) is 58.1 Å². The molecule has 1 amide bonds. The Labute approximate surface area is 167 Å². The number of halogens is 1. The highest BCUT2D eigenvalue weighted by Crippen LogP contribution is 2.12. The van der Waals surface area contributed by atoms with Crippen molar-refractivity contribution in [2.24, 2.45) is 0 Å². The van der Waals surface area contributed by atoms with E-state index in [1.807, 2.05) is 13.8 Å². The molecule has 0 bridgehead atoms. The molecule has 0 saturated heterocycles. The number of carbonyl (C=O) groups excluding carboxylic acids is 1. The van der Waals surface area contributed by atoms with Crippen LogP contribution < -0.4 is 16.6 Å². The van der Waals surface area contributed by atoms with Crippen LogP contribution in [-0.4, -0.2) is 21.1 Å². The molecule has 1 heterocycles. The third-order valence-corrected chi connectivity index (χ3v) is 4.92. The summed E-state index contributed by atoms with van der Waals surface area (Å²) in [6.45, 7) is 3.80. The quantitative estimate of drug-likeness (QED) is 0.692. The SMILES string of the molecule is CC[C@@H](C)NC(=O)Cn1c(=O)n(Cc2cccc(Cl)c2)c(=O)c2ccccc21. The van der Waals surface area contributed by atoms with Gasteiger partial charge in [0, 0.05) is 11.1 Å². The Balaban J connectivity index is 2.11. The zero-order valence-corrected chi connectivity index (χ0v) is 16.6. The van der Waals surface area contributed by atoms with Crippen molar-refractivity contribution in [3.63, 3.8) is 0 Å². The highest BCUT2D eigenvalue weighted by Gasteiger charge is 2.16. The summed E-state index contributed by atoms with van der Waals surface area (Å²) >= 11 is 6.02. The molecule has 1 N–H and O–H groups in total. The number of carbonyl (C=O) groups is 1. The Hall–Kier alpha value is -2.86. The number of aromatic nitrogens is 2. The maximum absolute atomic E-state index is 13.1. The summed E-state index contributed by atoms with van der Waals surface area (Å²) < 4.78 is 2.49. The zero-order valence-electron chi connectivity index (χ0n) is 15.8. The van der Waals surface area contributed by atoms with Gasteiger partial charge in [-0.15, -0.1) is 0 Å². The molecule has 0 aliphatic rings. The van der Waals surface area contributed by atoms with E-state index in [0.717, 1.165) is 16.6 Å². The Bertz CT molecular complexity index is 1130. The topological polar surface area (TPSA) is 73.1 Å². The third-order valence-electron chi connectivity index (χ3n) is 4.68. The lowest BCUT2D eigenvalue weighted by molar-refractivity contribution is -0.122. The van der Waals surface area contributed by atoms with Gasteiger partial charge in [-0.25, -0.2) is 4.79 Å². The Morgan fingerprint density at radius 3 is 2.57 bits per heavy atom. The molecule has 0 fully saturated rings. The molecule has 2 aromatic carbocycles. The van der Waals surface area contributed by atoms with Gasteiger partial charge < -0.3 is 5.32 Å². The van der Waals surface area contributed by atoms with Crippen molar-refractivity contribution in [3.8, 4) is 0 Å². The predicted molar refractivity (Wildman–Crippen MR) is 111 cm³/mol. The van der Waals surface area contributed by atoms with Crippen LogP contribution in [0.1, 0.15) is 25.8 Å².